The maximum Gasteiger partial charge on any atom is 0.0712 e. The summed E-state index contributed by atoms with van der Waals surface area (Å²) in [6.07, 6.45) is 4.51. The molecule has 0 N–H and O–H groups in total. The standard InChI is InChI=1S/C14H26O/c1-6-11-8-13-12(9(2)3)7-10(4)14(11,5)15-13/h9-13H,6-8H2,1-5H3. The van der Waals surface area contributed by atoms with Crippen LogP contribution in [0.25, 0.3) is 0 Å². The van der Waals surface area contributed by atoms with Gasteiger partial charge in [0.1, 0.15) is 0 Å². The van der Waals surface area contributed by atoms with Crippen molar-refractivity contribution >= 4 is 0 Å². The summed E-state index contributed by atoms with van der Waals surface area (Å²) in [5.41, 5.74) is 0.185. The number of rotatable bonds is 2. The summed E-state index contributed by atoms with van der Waals surface area (Å²) in [4.78, 5) is 0. The predicted molar refractivity (Wildman–Crippen MR) is 63.8 cm³/mol. The molecule has 1 heteroatoms. The van der Waals surface area contributed by atoms with Crippen molar-refractivity contribution in [3.05, 3.63) is 0 Å². The van der Waals surface area contributed by atoms with Gasteiger partial charge in [-0.05, 0) is 43.4 Å². The van der Waals surface area contributed by atoms with Crippen LogP contribution in [0.15, 0.2) is 0 Å². The SMILES string of the molecule is CCC1CC2OC1(C)C(C)CC2C(C)C. The lowest BCUT2D eigenvalue weighted by Crippen LogP contribution is -2.45. The average Bonchev–Trinajstić information content (AvgIpc) is 2.47. The van der Waals surface area contributed by atoms with E-state index in [1.54, 1.807) is 0 Å². The molecule has 5 unspecified atom stereocenters. The van der Waals surface area contributed by atoms with Gasteiger partial charge in [0.05, 0.1) is 11.7 Å². The Morgan fingerprint density at radius 2 is 2.00 bits per heavy atom. The molecule has 0 spiro atoms. The van der Waals surface area contributed by atoms with Gasteiger partial charge in [-0.15, -0.1) is 0 Å². The number of ether oxygens (including phenoxy) is 1. The highest BCUT2D eigenvalue weighted by Crippen LogP contribution is 2.53. The summed E-state index contributed by atoms with van der Waals surface area (Å²) in [7, 11) is 0. The molecular weight excluding hydrogens is 184 g/mol. The Bertz CT molecular complexity index is 235. The molecule has 0 aliphatic carbocycles. The molecule has 15 heavy (non-hydrogen) atoms. The normalized spacial score (nSPS) is 50.0. The van der Waals surface area contributed by atoms with Gasteiger partial charge in [-0.25, -0.2) is 0 Å². The zero-order chi connectivity index (χ0) is 11.2. The highest BCUT2D eigenvalue weighted by Gasteiger charge is 2.54. The van der Waals surface area contributed by atoms with Crippen molar-refractivity contribution < 1.29 is 4.74 Å². The highest BCUT2D eigenvalue weighted by atomic mass is 16.5. The molecule has 2 rings (SSSR count). The Morgan fingerprint density at radius 3 is 2.53 bits per heavy atom. The lowest BCUT2D eigenvalue weighted by molar-refractivity contribution is -0.145. The van der Waals surface area contributed by atoms with Crippen molar-refractivity contribution in [2.75, 3.05) is 0 Å². The second-order valence-corrected chi connectivity index (χ2v) is 6.23. The lowest BCUT2D eigenvalue weighted by Gasteiger charge is -2.44. The van der Waals surface area contributed by atoms with Gasteiger partial charge in [-0.1, -0.05) is 34.1 Å². The molecule has 2 aliphatic heterocycles. The highest BCUT2D eigenvalue weighted by molar-refractivity contribution is 5.02. The Kier molecular flexibility index (Phi) is 2.87. The van der Waals surface area contributed by atoms with Gasteiger partial charge in [0, 0.05) is 0 Å². The van der Waals surface area contributed by atoms with Crippen molar-refractivity contribution in [3.63, 3.8) is 0 Å². The van der Waals surface area contributed by atoms with Gasteiger partial charge in [-0.3, -0.25) is 0 Å². The first-order chi connectivity index (χ1) is 6.99. The van der Waals surface area contributed by atoms with E-state index in [1.165, 1.54) is 19.3 Å². The molecule has 2 heterocycles. The molecule has 2 bridgehead atoms. The monoisotopic (exact) mass is 210 g/mol. The Hall–Kier alpha value is -0.0400. The van der Waals surface area contributed by atoms with Crippen LogP contribution in [0.5, 0.6) is 0 Å². The van der Waals surface area contributed by atoms with Gasteiger partial charge in [0.15, 0.2) is 0 Å². The molecule has 0 aromatic rings. The zero-order valence-electron chi connectivity index (χ0n) is 10.9. The van der Waals surface area contributed by atoms with Crippen LogP contribution in [-0.2, 0) is 4.74 Å². The third-order valence-corrected chi connectivity index (χ3v) is 5.16. The van der Waals surface area contributed by atoms with Crippen LogP contribution < -0.4 is 0 Å². The molecule has 0 aromatic heterocycles. The minimum absolute atomic E-state index is 0.185. The quantitative estimate of drug-likeness (QED) is 0.672. The molecule has 0 saturated carbocycles. The fraction of sp³-hybridized carbons (Fsp3) is 1.00. The summed E-state index contributed by atoms with van der Waals surface area (Å²) < 4.78 is 6.37. The lowest BCUT2D eigenvalue weighted by atomic mass is 9.75. The summed E-state index contributed by atoms with van der Waals surface area (Å²) >= 11 is 0. The second-order valence-electron chi connectivity index (χ2n) is 6.23. The molecule has 2 fully saturated rings. The molecule has 0 amide bonds. The van der Waals surface area contributed by atoms with Crippen LogP contribution in [0.2, 0.25) is 0 Å². The number of hydrogen-bond donors (Lipinski definition) is 0. The third-order valence-electron chi connectivity index (χ3n) is 5.16. The van der Waals surface area contributed by atoms with E-state index in [-0.39, 0.29) is 5.60 Å². The van der Waals surface area contributed by atoms with Crippen LogP contribution in [-0.4, -0.2) is 11.7 Å². The van der Waals surface area contributed by atoms with Crippen LogP contribution in [0.1, 0.15) is 53.9 Å². The second kappa shape index (κ2) is 3.76. The first-order valence-electron chi connectivity index (χ1n) is 6.66. The van der Waals surface area contributed by atoms with Gasteiger partial charge < -0.3 is 4.74 Å². The Morgan fingerprint density at radius 1 is 1.33 bits per heavy atom. The van der Waals surface area contributed by atoms with E-state index in [9.17, 15) is 0 Å². The van der Waals surface area contributed by atoms with Crippen molar-refractivity contribution in [2.24, 2.45) is 23.7 Å². The summed E-state index contributed by atoms with van der Waals surface area (Å²) in [5, 5.41) is 0. The topological polar surface area (TPSA) is 9.23 Å². The van der Waals surface area contributed by atoms with Crippen molar-refractivity contribution in [2.45, 2.75) is 65.6 Å². The molecule has 0 aromatic carbocycles. The van der Waals surface area contributed by atoms with Gasteiger partial charge in [0.2, 0.25) is 0 Å². The van der Waals surface area contributed by atoms with E-state index in [1.807, 2.05) is 0 Å². The molecule has 0 radical (unpaired) electrons. The van der Waals surface area contributed by atoms with Crippen LogP contribution in [0.3, 0.4) is 0 Å². The maximum atomic E-state index is 6.37. The largest absolute Gasteiger partial charge is 0.371 e. The van der Waals surface area contributed by atoms with E-state index in [0.29, 0.717) is 6.10 Å². The summed E-state index contributed by atoms with van der Waals surface area (Å²) in [6, 6.07) is 0. The van der Waals surface area contributed by atoms with E-state index in [0.717, 1.165) is 23.7 Å². The van der Waals surface area contributed by atoms with Gasteiger partial charge in [-0.2, -0.15) is 0 Å². The van der Waals surface area contributed by atoms with Crippen molar-refractivity contribution in [1.82, 2.24) is 0 Å². The van der Waals surface area contributed by atoms with Crippen LogP contribution >= 0.6 is 0 Å². The summed E-state index contributed by atoms with van der Waals surface area (Å²) in [5.74, 6) is 3.09. The van der Waals surface area contributed by atoms with Gasteiger partial charge >= 0.3 is 0 Å². The zero-order valence-corrected chi connectivity index (χ0v) is 10.9. The van der Waals surface area contributed by atoms with Crippen LogP contribution in [0.4, 0.5) is 0 Å². The Balaban J connectivity index is 2.20. The molecule has 88 valence electrons. The van der Waals surface area contributed by atoms with E-state index in [2.05, 4.69) is 34.6 Å². The smallest absolute Gasteiger partial charge is 0.0712 e. The fourth-order valence-electron chi connectivity index (χ4n) is 3.83. The van der Waals surface area contributed by atoms with Crippen LogP contribution in [0, 0.1) is 23.7 Å². The third kappa shape index (κ3) is 1.63. The Labute approximate surface area is 94.6 Å². The minimum Gasteiger partial charge on any atom is -0.371 e. The number of fused-ring (bicyclic) bond motifs is 2. The predicted octanol–water partition coefficient (Wildman–Crippen LogP) is 3.87. The van der Waals surface area contributed by atoms with E-state index < -0.39 is 0 Å². The molecule has 2 aliphatic rings. The van der Waals surface area contributed by atoms with Crippen molar-refractivity contribution in [3.8, 4) is 0 Å². The summed E-state index contributed by atoms with van der Waals surface area (Å²) in [6.45, 7) is 11.8. The molecular formula is C14H26O. The molecule has 2 saturated heterocycles. The van der Waals surface area contributed by atoms with E-state index >= 15 is 0 Å². The molecule has 5 atom stereocenters. The molecule has 1 nitrogen and oxygen atoms in total. The first kappa shape index (κ1) is 11.4. The average molecular weight is 210 g/mol. The first-order valence-corrected chi connectivity index (χ1v) is 6.66. The maximum absolute atomic E-state index is 6.37. The van der Waals surface area contributed by atoms with Gasteiger partial charge in [0.25, 0.3) is 0 Å². The minimum atomic E-state index is 0.185. The fourth-order valence-corrected chi connectivity index (χ4v) is 3.83. The van der Waals surface area contributed by atoms with Crippen molar-refractivity contribution in [1.29, 1.82) is 0 Å². The van der Waals surface area contributed by atoms with E-state index in [4.69, 9.17) is 4.74 Å². The number of hydrogen-bond acceptors (Lipinski definition) is 1.